The van der Waals surface area contributed by atoms with Crippen LogP contribution in [0.5, 0.6) is 17.4 Å². The number of aromatic nitrogens is 2. The van der Waals surface area contributed by atoms with Crippen molar-refractivity contribution < 1.29 is 38.9 Å². The summed E-state index contributed by atoms with van der Waals surface area (Å²) in [6.07, 6.45) is 2.68. The van der Waals surface area contributed by atoms with Crippen LogP contribution in [-0.2, 0) is 23.2 Å². The van der Waals surface area contributed by atoms with Crippen LogP contribution >= 0.6 is 23.2 Å². The number of nitrogens with zero attached hydrogens (tertiary/aromatic N) is 5. The number of rotatable bonds is 10. The number of amides is 2. The quantitative estimate of drug-likeness (QED) is 0.148. The first-order chi connectivity index (χ1) is 25.8. The van der Waals surface area contributed by atoms with Gasteiger partial charge in [-0.2, -0.15) is 0 Å². The molecule has 1 fully saturated rings. The molecule has 15 heteroatoms. The first-order valence-electron chi connectivity index (χ1n) is 16.6. The van der Waals surface area contributed by atoms with Gasteiger partial charge in [0.05, 0.1) is 29.0 Å². The normalized spacial score (nSPS) is 12.9. The molecule has 0 saturated carbocycles. The molecule has 0 unspecified atom stereocenters. The van der Waals surface area contributed by atoms with Crippen molar-refractivity contribution in [2.45, 2.75) is 6.54 Å². The fourth-order valence-corrected chi connectivity index (χ4v) is 5.99. The van der Waals surface area contributed by atoms with E-state index in [0.29, 0.717) is 63.9 Å². The fourth-order valence-electron chi connectivity index (χ4n) is 5.69. The number of halogens is 2. The number of aryl methyl sites for hydroxylation is 1. The molecule has 0 radical (unpaired) electrons. The minimum atomic E-state index is -1.26. The van der Waals surface area contributed by atoms with Gasteiger partial charge in [-0.1, -0.05) is 35.3 Å². The number of fused-ring (bicyclic) bond motifs is 1. The van der Waals surface area contributed by atoms with Gasteiger partial charge in [0, 0.05) is 81.5 Å². The first-order valence-corrected chi connectivity index (χ1v) is 17.3. The highest BCUT2D eigenvalue weighted by molar-refractivity contribution is 6.42. The summed E-state index contributed by atoms with van der Waals surface area (Å²) >= 11 is 12.1. The van der Waals surface area contributed by atoms with Gasteiger partial charge >= 0.3 is 11.9 Å². The van der Waals surface area contributed by atoms with E-state index in [9.17, 15) is 19.2 Å². The highest BCUT2D eigenvalue weighted by atomic mass is 35.5. The zero-order valence-electron chi connectivity index (χ0n) is 29.6. The minimum absolute atomic E-state index is 0.0158. The zero-order chi connectivity index (χ0) is 38.9. The second kappa shape index (κ2) is 17.8. The number of carboxylic acid groups (broad SMARTS) is 2. The highest BCUT2D eigenvalue weighted by Crippen LogP contribution is 2.29. The van der Waals surface area contributed by atoms with Gasteiger partial charge in [-0.25, -0.2) is 14.6 Å². The van der Waals surface area contributed by atoms with Crippen molar-refractivity contribution in [3.05, 3.63) is 124 Å². The van der Waals surface area contributed by atoms with Crippen LogP contribution in [0.2, 0.25) is 10.0 Å². The molecule has 1 saturated heterocycles. The van der Waals surface area contributed by atoms with Gasteiger partial charge in [-0.05, 0) is 66.2 Å². The number of anilines is 1. The van der Waals surface area contributed by atoms with Crippen LogP contribution in [0.1, 0.15) is 26.4 Å². The molecular weight excluding hydrogens is 737 g/mol. The predicted molar refractivity (Wildman–Crippen MR) is 205 cm³/mol. The molecule has 0 atom stereocenters. The van der Waals surface area contributed by atoms with Crippen molar-refractivity contribution in [2.24, 2.45) is 7.05 Å². The molecule has 1 aliphatic heterocycles. The third-order valence-corrected chi connectivity index (χ3v) is 9.37. The van der Waals surface area contributed by atoms with Gasteiger partial charge in [0.25, 0.3) is 11.8 Å². The molecule has 13 nitrogen and oxygen atoms in total. The third kappa shape index (κ3) is 9.95. The molecule has 2 N–H and O–H groups in total. The lowest BCUT2D eigenvalue weighted by molar-refractivity contribution is -0.134. The van der Waals surface area contributed by atoms with Crippen LogP contribution in [0.25, 0.3) is 10.9 Å². The number of carbonyl (C=O) groups excluding carboxylic acids is 2. The number of methoxy groups -OCH3 is 1. The van der Waals surface area contributed by atoms with Crippen LogP contribution in [0.15, 0.2) is 97.2 Å². The standard InChI is InChI=1S/C35H33Cl2N5O4.C4H4O4/c1-39(34(43)24-6-11-29(36)30(37)19-24)26-7-13-33(38-21-26)46-28-10-12-31-25(18-28)20-32(40(31)2)35(44)42-16-14-41(15-17-42)22-23-4-8-27(45-3)9-5-23;5-3(6)1-2-4(7)8/h4-13,18-21H,14-17,22H2,1-3H3;1-2H,(H,5,6)(H,7,8)/b;2-1-. The predicted octanol–water partition coefficient (Wildman–Crippen LogP) is 6.63. The molecule has 2 amide bonds. The summed E-state index contributed by atoms with van der Waals surface area (Å²) in [5.74, 6) is -0.937. The van der Waals surface area contributed by atoms with Gasteiger partial charge < -0.3 is 34.1 Å². The van der Waals surface area contributed by atoms with Crippen LogP contribution < -0.4 is 14.4 Å². The number of carboxylic acids is 2. The second-order valence-electron chi connectivity index (χ2n) is 12.2. The summed E-state index contributed by atoms with van der Waals surface area (Å²) in [6.45, 7) is 3.80. The average Bonchev–Trinajstić information content (AvgIpc) is 3.50. The van der Waals surface area contributed by atoms with Crippen LogP contribution in [0, 0.1) is 0 Å². The SMILES string of the molecule is COc1ccc(CN2CCN(C(=O)c3cc4cc(Oc5ccc(N(C)C(=O)c6ccc(Cl)c(Cl)c6)cn5)ccc4n3C)CC2)cc1.O=C(O)/C=C\C(=O)O. The molecular formula is C39H37Cl2N5O8. The summed E-state index contributed by atoms with van der Waals surface area (Å²) in [6, 6.07) is 23.9. The van der Waals surface area contributed by atoms with E-state index >= 15 is 0 Å². The molecule has 1 aliphatic rings. The lowest BCUT2D eigenvalue weighted by Crippen LogP contribution is -2.48. The Bertz CT molecular complexity index is 2160. The average molecular weight is 775 g/mol. The lowest BCUT2D eigenvalue weighted by atomic mass is 10.2. The van der Waals surface area contributed by atoms with E-state index in [2.05, 4.69) is 22.0 Å². The maximum atomic E-state index is 13.5. The summed E-state index contributed by atoms with van der Waals surface area (Å²) in [4.78, 5) is 55.7. The monoisotopic (exact) mass is 773 g/mol. The van der Waals surface area contributed by atoms with E-state index < -0.39 is 11.9 Å². The number of aliphatic carboxylic acids is 2. The first kappa shape index (κ1) is 39.3. The van der Waals surface area contributed by atoms with Gasteiger partial charge in [0.1, 0.15) is 17.2 Å². The number of piperazine rings is 1. The number of pyridine rings is 1. The molecule has 3 aromatic carbocycles. The van der Waals surface area contributed by atoms with Crippen molar-refractivity contribution >= 4 is 63.5 Å². The van der Waals surface area contributed by atoms with Gasteiger partial charge in [-0.15, -0.1) is 0 Å². The van der Waals surface area contributed by atoms with Crippen molar-refractivity contribution in [3.8, 4) is 17.4 Å². The third-order valence-electron chi connectivity index (χ3n) is 8.63. The van der Waals surface area contributed by atoms with Gasteiger partial charge in [0.15, 0.2) is 0 Å². The largest absolute Gasteiger partial charge is 0.497 e. The van der Waals surface area contributed by atoms with E-state index in [1.54, 1.807) is 44.6 Å². The second-order valence-corrected chi connectivity index (χ2v) is 13.0. The Labute approximate surface area is 321 Å². The topological polar surface area (TPSA) is 155 Å². The van der Waals surface area contributed by atoms with Crippen LogP contribution in [0.3, 0.4) is 0 Å². The molecule has 0 aliphatic carbocycles. The summed E-state index contributed by atoms with van der Waals surface area (Å²) in [7, 11) is 5.23. The molecule has 2 aromatic heterocycles. The van der Waals surface area contributed by atoms with Crippen molar-refractivity contribution in [1.29, 1.82) is 0 Å². The number of hydrogen-bond acceptors (Lipinski definition) is 8. The van der Waals surface area contributed by atoms with E-state index in [1.165, 1.54) is 16.5 Å². The maximum absolute atomic E-state index is 13.5. The summed E-state index contributed by atoms with van der Waals surface area (Å²) < 4.78 is 13.2. The number of hydrogen-bond donors (Lipinski definition) is 2. The molecule has 0 spiro atoms. The Morgan fingerprint density at radius 1 is 0.833 bits per heavy atom. The molecule has 0 bridgehead atoms. The maximum Gasteiger partial charge on any atom is 0.328 e. The highest BCUT2D eigenvalue weighted by Gasteiger charge is 2.25. The Morgan fingerprint density at radius 3 is 2.09 bits per heavy atom. The molecule has 280 valence electrons. The fraction of sp³-hybridized carbons (Fsp3) is 0.205. The smallest absolute Gasteiger partial charge is 0.328 e. The van der Waals surface area contributed by atoms with E-state index in [1.807, 2.05) is 52.9 Å². The van der Waals surface area contributed by atoms with E-state index in [0.717, 1.165) is 36.3 Å². The summed E-state index contributed by atoms with van der Waals surface area (Å²) in [5, 5.41) is 17.2. The minimum Gasteiger partial charge on any atom is -0.497 e. The van der Waals surface area contributed by atoms with Crippen molar-refractivity contribution in [2.75, 3.05) is 45.2 Å². The van der Waals surface area contributed by atoms with Crippen LogP contribution in [0.4, 0.5) is 5.69 Å². The molecule has 5 aromatic rings. The molecule has 6 rings (SSSR count). The summed E-state index contributed by atoms with van der Waals surface area (Å²) in [5.41, 5.74) is 3.79. The number of carbonyl (C=O) groups is 4. The zero-order valence-corrected chi connectivity index (χ0v) is 31.1. The Balaban J connectivity index is 0.000000631. The lowest BCUT2D eigenvalue weighted by Gasteiger charge is -2.34. The number of benzene rings is 3. The Kier molecular flexibility index (Phi) is 12.9. The van der Waals surface area contributed by atoms with E-state index in [4.69, 9.17) is 42.9 Å². The molecule has 54 heavy (non-hydrogen) atoms. The Morgan fingerprint density at radius 2 is 1.50 bits per heavy atom. The van der Waals surface area contributed by atoms with E-state index in [-0.39, 0.29) is 11.8 Å². The molecule has 3 heterocycles. The van der Waals surface area contributed by atoms with Gasteiger partial charge in [-0.3, -0.25) is 14.5 Å². The Hall–Kier alpha value is -5.89. The van der Waals surface area contributed by atoms with Crippen LogP contribution in [-0.4, -0.2) is 93.7 Å². The number of ether oxygens (including phenoxy) is 2. The van der Waals surface area contributed by atoms with Crippen molar-refractivity contribution in [1.82, 2.24) is 19.4 Å². The van der Waals surface area contributed by atoms with Gasteiger partial charge in [0.2, 0.25) is 5.88 Å². The van der Waals surface area contributed by atoms with Crippen molar-refractivity contribution in [3.63, 3.8) is 0 Å².